The smallest absolute Gasteiger partial charge is 0.291 e. The number of fused-ring (bicyclic) bond motifs is 2. The van der Waals surface area contributed by atoms with E-state index in [1.165, 1.54) is 0 Å². The van der Waals surface area contributed by atoms with E-state index in [2.05, 4.69) is 4.98 Å². The number of halogens is 1. The van der Waals surface area contributed by atoms with Gasteiger partial charge in [-0.25, -0.2) is 0 Å². The zero-order valence-corrected chi connectivity index (χ0v) is 16.9. The molecule has 0 spiro atoms. The Kier molecular flexibility index (Phi) is 4.40. The Hall–Kier alpha value is -3.44. The molecule has 5 nitrogen and oxygen atoms in total. The molecule has 2 aromatic heterocycles. The molecule has 5 rings (SSSR count). The normalized spacial score (nSPS) is 15.6. The van der Waals surface area contributed by atoms with Crippen molar-refractivity contribution in [2.75, 3.05) is 0 Å². The van der Waals surface area contributed by atoms with Crippen molar-refractivity contribution in [3.05, 3.63) is 110 Å². The first kappa shape index (κ1) is 18.6. The van der Waals surface area contributed by atoms with Gasteiger partial charge in [-0.2, -0.15) is 0 Å². The average Bonchev–Trinajstić information content (AvgIpc) is 3.03. The molecule has 1 atom stereocenters. The summed E-state index contributed by atoms with van der Waals surface area (Å²) in [5, 5.41) is 0.865. The molecule has 0 fully saturated rings. The van der Waals surface area contributed by atoms with Gasteiger partial charge in [0.25, 0.3) is 5.91 Å². The van der Waals surface area contributed by atoms with Gasteiger partial charge in [0, 0.05) is 24.0 Å². The standard InChI is InChI=1S/C24H17ClN2O3/c1-14-10-19-17(11-18(14)25)22(28)20-21(16-7-3-2-4-8-16)27(24(29)23(20)30-19)13-15-6-5-9-26-12-15/h2-12,21H,13H2,1H3/t21-/m0/s1. The lowest BCUT2D eigenvalue weighted by molar-refractivity contribution is 0.0714. The van der Waals surface area contributed by atoms with E-state index < -0.39 is 6.04 Å². The zero-order chi connectivity index (χ0) is 20.8. The Balaban J connectivity index is 1.75. The van der Waals surface area contributed by atoms with Crippen LogP contribution < -0.4 is 5.43 Å². The summed E-state index contributed by atoms with van der Waals surface area (Å²) in [4.78, 5) is 32.7. The molecule has 4 aromatic rings. The Morgan fingerprint density at radius 2 is 1.90 bits per heavy atom. The van der Waals surface area contributed by atoms with Gasteiger partial charge in [0.1, 0.15) is 5.58 Å². The second kappa shape index (κ2) is 7.11. The number of aromatic nitrogens is 1. The molecule has 2 aromatic carbocycles. The molecule has 0 unspecified atom stereocenters. The number of pyridine rings is 1. The van der Waals surface area contributed by atoms with Crippen LogP contribution in [0.15, 0.2) is 76.2 Å². The predicted molar refractivity (Wildman–Crippen MR) is 115 cm³/mol. The van der Waals surface area contributed by atoms with Gasteiger partial charge in [-0.1, -0.05) is 48.0 Å². The van der Waals surface area contributed by atoms with E-state index in [4.69, 9.17) is 16.0 Å². The van der Waals surface area contributed by atoms with Gasteiger partial charge in [-0.3, -0.25) is 14.6 Å². The van der Waals surface area contributed by atoms with E-state index in [9.17, 15) is 9.59 Å². The van der Waals surface area contributed by atoms with Crippen molar-refractivity contribution < 1.29 is 9.21 Å². The lowest BCUT2D eigenvalue weighted by Gasteiger charge is -2.25. The van der Waals surface area contributed by atoms with Crippen LogP contribution in [0, 0.1) is 6.92 Å². The minimum Gasteiger partial charge on any atom is -0.450 e. The van der Waals surface area contributed by atoms with Crippen molar-refractivity contribution in [2.45, 2.75) is 19.5 Å². The number of aryl methyl sites for hydroxylation is 1. The summed E-state index contributed by atoms with van der Waals surface area (Å²) < 4.78 is 5.99. The first-order valence-electron chi connectivity index (χ1n) is 9.56. The van der Waals surface area contributed by atoms with Crippen molar-refractivity contribution >= 4 is 28.5 Å². The first-order chi connectivity index (χ1) is 14.5. The van der Waals surface area contributed by atoms with E-state index in [0.717, 1.165) is 16.7 Å². The summed E-state index contributed by atoms with van der Waals surface area (Å²) >= 11 is 6.26. The van der Waals surface area contributed by atoms with Crippen LogP contribution in [0.4, 0.5) is 0 Å². The van der Waals surface area contributed by atoms with E-state index >= 15 is 0 Å². The fraction of sp³-hybridized carbons (Fsp3) is 0.125. The highest BCUT2D eigenvalue weighted by Crippen LogP contribution is 2.39. The SMILES string of the molecule is Cc1cc2oc3c(c(=O)c2cc1Cl)[C@H](c1ccccc1)N(Cc1cccnc1)C3=O. The molecular formula is C24H17ClN2O3. The Morgan fingerprint density at radius 3 is 2.63 bits per heavy atom. The Morgan fingerprint density at radius 1 is 1.10 bits per heavy atom. The van der Waals surface area contributed by atoms with Gasteiger partial charge in [0.2, 0.25) is 5.76 Å². The minimum absolute atomic E-state index is 0.0898. The second-order valence-corrected chi connectivity index (χ2v) is 7.79. The molecule has 30 heavy (non-hydrogen) atoms. The highest BCUT2D eigenvalue weighted by atomic mass is 35.5. The van der Waals surface area contributed by atoms with Crippen LogP contribution in [-0.2, 0) is 6.54 Å². The molecule has 6 heteroatoms. The maximum Gasteiger partial charge on any atom is 0.291 e. The number of carbonyl (C=O) groups excluding carboxylic acids is 1. The van der Waals surface area contributed by atoms with Gasteiger partial charge in [0.15, 0.2) is 5.43 Å². The lowest BCUT2D eigenvalue weighted by atomic mass is 9.98. The largest absolute Gasteiger partial charge is 0.450 e. The number of rotatable bonds is 3. The lowest BCUT2D eigenvalue weighted by Crippen LogP contribution is -2.29. The van der Waals surface area contributed by atoms with Crippen LogP contribution in [0.3, 0.4) is 0 Å². The number of hydrogen-bond donors (Lipinski definition) is 0. The number of carbonyl (C=O) groups is 1. The van der Waals surface area contributed by atoms with Crippen LogP contribution in [0.2, 0.25) is 5.02 Å². The van der Waals surface area contributed by atoms with Gasteiger partial charge in [-0.05, 0) is 41.8 Å². The predicted octanol–water partition coefficient (Wildman–Crippen LogP) is 4.90. The number of amides is 1. The molecule has 3 heterocycles. The molecule has 0 aliphatic carbocycles. The maximum absolute atomic E-state index is 13.5. The van der Waals surface area contributed by atoms with Gasteiger partial charge >= 0.3 is 0 Å². The molecular weight excluding hydrogens is 400 g/mol. The maximum atomic E-state index is 13.5. The van der Waals surface area contributed by atoms with Crippen molar-refractivity contribution in [2.24, 2.45) is 0 Å². The van der Waals surface area contributed by atoms with Gasteiger partial charge in [0.05, 0.1) is 17.0 Å². The molecule has 0 radical (unpaired) electrons. The summed E-state index contributed by atoms with van der Waals surface area (Å²) in [6.07, 6.45) is 3.40. The van der Waals surface area contributed by atoms with E-state index in [0.29, 0.717) is 28.1 Å². The Bertz CT molecular complexity index is 1330. The molecule has 0 bridgehead atoms. The fourth-order valence-corrected chi connectivity index (χ4v) is 4.14. The molecule has 1 aliphatic heterocycles. The highest BCUT2D eigenvalue weighted by molar-refractivity contribution is 6.32. The molecule has 148 valence electrons. The summed E-state index contributed by atoms with van der Waals surface area (Å²) in [5.41, 5.74) is 2.98. The molecule has 1 amide bonds. The van der Waals surface area contributed by atoms with Crippen LogP contribution in [0.1, 0.15) is 38.9 Å². The quantitative estimate of drug-likeness (QED) is 0.476. The van der Waals surface area contributed by atoms with Crippen molar-refractivity contribution in [3.8, 4) is 0 Å². The van der Waals surface area contributed by atoms with Crippen LogP contribution in [-0.4, -0.2) is 15.8 Å². The van der Waals surface area contributed by atoms with E-state index in [-0.39, 0.29) is 17.1 Å². The summed E-state index contributed by atoms with van der Waals surface area (Å²) in [7, 11) is 0. The van der Waals surface area contributed by atoms with E-state index in [1.54, 1.807) is 29.4 Å². The Labute approximate surface area is 177 Å². The third kappa shape index (κ3) is 2.90. The first-order valence-corrected chi connectivity index (χ1v) is 9.94. The molecule has 0 saturated carbocycles. The van der Waals surface area contributed by atoms with Crippen molar-refractivity contribution in [1.29, 1.82) is 0 Å². The fourth-order valence-electron chi connectivity index (χ4n) is 3.97. The van der Waals surface area contributed by atoms with Crippen LogP contribution in [0.5, 0.6) is 0 Å². The summed E-state index contributed by atoms with van der Waals surface area (Å²) in [6, 6.07) is 16.0. The zero-order valence-electron chi connectivity index (χ0n) is 16.1. The van der Waals surface area contributed by atoms with Crippen molar-refractivity contribution in [1.82, 2.24) is 9.88 Å². The summed E-state index contributed by atoms with van der Waals surface area (Å²) in [6.45, 7) is 2.14. The van der Waals surface area contributed by atoms with Gasteiger partial charge in [-0.15, -0.1) is 0 Å². The number of benzene rings is 2. The molecule has 0 N–H and O–H groups in total. The monoisotopic (exact) mass is 416 g/mol. The summed E-state index contributed by atoms with van der Waals surface area (Å²) in [5.74, 6) is -0.221. The number of hydrogen-bond acceptors (Lipinski definition) is 4. The minimum atomic E-state index is -0.547. The molecule has 1 aliphatic rings. The topological polar surface area (TPSA) is 63.4 Å². The third-order valence-electron chi connectivity index (χ3n) is 5.44. The number of nitrogens with zero attached hydrogens (tertiary/aromatic N) is 2. The van der Waals surface area contributed by atoms with Crippen molar-refractivity contribution in [3.63, 3.8) is 0 Å². The average molecular weight is 417 g/mol. The second-order valence-electron chi connectivity index (χ2n) is 7.38. The molecule has 0 saturated heterocycles. The van der Waals surface area contributed by atoms with Crippen LogP contribution in [0.25, 0.3) is 11.0 Å². The van der Waals surface area contributed by atoms with Gasteiger partial charge < -0.3 is 9.32 Å². The van der Waals surface area contributed by atoms with E-state index in [1.807, 2.05) is 49.4 Å². The third-order valence-corrected chi connectivity index (χ3v) is 5.85. The highest BCUT2D eigenvalue weighted by Gasteiger charge is 2.42. The van der Waals surface area contributed by atoms with Crippen LogP contribution >= 0.6 is 11.6 Å².